The van der Waals surface area contributed by atoms with Crippen LogP contribution in [0.1, 0.15) is 25.7 Å². The van der Waals surface area contributed by atoms with Gasteiger partial charge in [-0.1, -0.05) is 6.42 Å². The van der Waals surface area contributed by atoms with E-state index in [1.54, 1.807) is 0 Å². The highest BCUT2D eigenvalue weighted by Gasteiger charge is 2.28. The second kappa shape index (κ2) is 5.77. The summed E-state index contributed by atoms with van der Waals surface area (Å²) in [4.78, 5) is 21.4. The predicted molar refractivity (Wildman–Crippen MR) is 71.8 cm³/mol. The molecule has 0 heterocycles. The Hall–Kier alpha value is -2.31. The monoisotopic (exact) mass is 280 g/mol. The molecule has 2 rings (SSSR count). The van der Waals surface area contributed by atoms with Crippen LogP contribution >= 0.6 is 0 Å². The van der Waals surface area contributed by atoms with Crippen LogP contribution in [0.2, 0.25) is 0 Å². The zero-order valence-corrected chi connectivity index (χ0v) is 10.8. The van der Waals surface area contributed by atoms with E-state index >= 15 is 0 Å². The Morgan fingerprint density at radius 2 is 2.15 bits per heavy atom. The van der Waals surface area contributed by atoms with Crippen LogP contribution in [0.15, 0.2) is 18.2 Å². The number of phenols is 1. The zero-order chi connectivity index (χ0) is 14.7. The van der Waals surface area contributed by atoms with E-state index in [1.165, 1.54) is 12.1 Å². The van der Waals surface area contributed by atoms with Crippen LogP contribution in [0.25, 0.3) is 0 Å². The molecular weight excluding hydrogens is 264 g/mol. The molecule has 1 saturated carbocycles. The highest BCUT2D eigenvalue weighted by molar-refractivity contribution is 5.70. The van der Waals surface area contributed by atoms with Crippen molar-refractivity contribution in [1.29, 1.82) is 0 Å². The number of hydrogen-bond donors (Lipinski definition) is 3. The van der Waals surface area contributed by atoms with E-state index in [4.69, 9.17) is 5.11 Å². The van der Waals surface area contributed by atoms with Crippen molar-refractivity contribution in [3.05, 3.63) is 28.3 Å². The predicted octanol–water partition coefficient (Wildman–Crippen LogP) is 2.36. The first kappa shape index (κ1) is 14.1. The van der Waals surface area contributed by atoms with Gasteiger partial charge in [0.2, 0.25) is 0 Å². The van der Waals surface area contributed by atoms with Crippen LogP contribution < -0.4 is 5.32 Å². The van der Waals surface area contributed by atoms with Gasteiger partial charge in [-0.3, -0.25) is 14.9 Å². The van der Waals surface area contributed by atoms with Gasteiger partial charge in [0.05, 0.1) is 16.9 Å². The standard InChI is InChI=1S/C13H16N2O5/c16-10-4-5-11(12(7-10)15(19)20)14-9-3-1-2-8(6-9)13(17)18/h4-5,7-9,14,16H,1-3,6H2,(H,17,18). The van der Waals surface area contributed by atoms with E-state index in [-0.39, 0.29) is 17.5 Å². The van der Waals surface area contributed by atoms with Crippen LogP contribution in [0.3, 0.4) is 0 Å². The van der Waals surface area contributed by atoms with Crippen LogP contribution in [-0.2, 0) is 4.79 Å². The maximum Gasteiger partial charge on any atom is 0.306 e. The minimum Gasteiger partial charge on any atom is -0.508 e. The molecule has 1 aromatic rings. The van der Waals surface area contributed by atoms with Gasteiger partial charge in [0.1, 0.15) is 11.4 Å². The molecule has 7 nitrogen and oxygen atoms in total. The fraction of sp³-hybridized carbons (Fsp3) is 0.462. The smallest absolute Gasteiger partial charge is 0.306 e. The van der Waals surface area contributed by atoms with E-state index < -0.39 is 16.8 Å². The second-order valence-corrected chi connectivity index (χ2v) is 5.00. The summed E-state index contributed by atoms with van der Waals surface area (Å²) in [5.74, 6) is -1.40. The lowest BCUT2D eigenvalue weighted by Crippen LogP contribution is -2.31. The van der Waals surface area contributed by atoms with Crippen molar-refractivity contribution in [2.24, 2.45) is 5.92 Å². The average Bonchev–Trinajstić information content (AvgIpc) is 2.41. The van der Waals surface area contributed by atoms with Gasteiger partial charge in [-0.15, -0.1) is 0 Å². The first-order valence-corrected chi connectivity index (χ1v) is 6.44. The average molecular weight is 280 g/mol. The van der Waals surface area contributed by atoms with Gasteiger partial charge < -0.3 is 15.5 Å². The molecule has 0 spiro atoms. The second-order valence-electron chi connectivity index (χ2n) is 5.00. The minimum absolute atomic E-state index is 0.104. The molecule has 2 unspecified atom stereocenters. The summed E-state index contributed by atoms with van der Waals surface area (Å²) in [5, 5.41) is 32.3. The van der Waals surface area contributed by atoms with Crippen molar-refractivity contribution in [1.82, 2.24) is 0 Å². The van der Waals surface area contributed by atoms with Crippen molar-refractivity contribution in [3.8, 4) is 5.75 Å². The van der Waals surface area contributed by atoms with E-state index in [0.29, 0.717) is 18.5 Å². The maximum atomic E-state index is 11.0. The molecule has 1 fully saturated rings. The Bertz CT molecular complexity index is 531. The normalized spacial score (nSPS) is 22.2. The van der Waals surface area contributed by atoms with Crippen LogP contribution in [0, 0.1) is 16.0 Å². The Kier molecular flexibility index (Phi) is 4.07. The number of nitro benzene ring substituents is 1. The van der Waals surface area contributed by atoms with Crippen molar-refractivity contribution in [2.75, 3.05) is 5.32 Å². The number of nitrogens with zero attached hydrogens (tertiary/aromatic N) is 1. The number of carboxylic acids is 1. The molecule has 0 bridgehead atoms. The molecular formula is C13H16N2O5. The number of carboxylic acid groups (broad SMARTS) is 1. The fourth-order valence-corrected chi connectivity index (χ4v) is 2.56. The number of benzene rings is 1. The minimum atomic E-state index is -0.822. The number of aliphatic carboxylic acids is 1. The van der Waals surface area contributed by atoms with E-state index in [0.717, 1.165) is 18.9 Å². The van der Waals surface area contributed by atoms with Crippen molar-refractivity contribution < 1.29 is 19.9 Å². The molecule has 3 N–H and O–H groups in total. The highest BCUT2D eigenvalue weighted by atomic mass is 16.6. The van der Waals surface area contributed by atoms with Crippen LogP contribution in [-0.4, -0.2) is 27.1 Å². The van der Waals surface area contributed by atoms with Crippen LogP contribution in [0.5, 0.6) is 5.75 Å². The molecule has 0 aromatic heterocycles. The summed E-state index contributed by atoms with van der Waals surface area (Å²) in [7, 11) is 0. The third kappa shape index (κ3) is 3.17. The molecule has 0 saturated heterocycles. The molecule has 1 aliphatic rings. The Balaban J connectivity index is 2.13. The number of anilines is 1. The van der Waals surface area contributed by atoms with Gasteiger partial charge in [0.25, 0.3) is 5.69 Å². The summed E-state index contributed by atoms with van der Waals surface area (Å²) in [6.45, 7) is 0. The van der Waals surface area contributed by atoms with Gasteiger partial charge in [0, 0.05) is 6.04 Å². The number of aromatic hydroxyl groups is 1. The summed E-state index contributed by atoms with van der Waals surface area (Å²) >= 11 is 0. The van der Waals surface area contributed by atoms with Gasteiger partial charge in [-0.25, -0.2) is 0 Å². The summed E-state index contributed by atoms with van der Waals surface area (Å²) in [6.07, 6.45) is 2.65. The summed E-state index contributed by atoms with van der Waals surface area (Å²) in [5.41, 5.74) is 0.103. The largest absolute Gasteiger partial charge is 0.508 e. The molecule has 0 amide bonds. The highest BCUT2D eigenvalue weighted by Crippen LogP contribution is 2.32. The fourth-order valence-electron chi connectivity index (χ4n) is 2.56. The number of rotatable bonds is 4. The Morgan fingerprint density at radius 1 is 1.40 bits per heavy atom. The maximum absolute atomic E-state index is 11.0. The van der Waals surface area contributed by atoms with E-state index in [2.05, 4.69) is 5.32 Å². The number of hydrogen-bond acceptors (Lipinski definition) is 5. The summed E-state index contributed by atoms with van der Waals surface area (Å²) < 4.78 is 0. The molecule has 0 radical (unpaired) electrons. The van der Waals surface area contributed by atoms with E-state index in [9.17, 15) is 20.0 Å². The van der Waals surface area contributed by atoms with Crippen molar-refractivity contribution in [2.45, 2.75) is 31.7 Å². The van der Waals surface area contributed by atoms with Crippen molar-refractivity contribution >= 4 is 17.3 Å². The molecule has 20 heavy (non-hydrogen) atoms. The van der Waals surface area contributed by atoms with Gasteiger partial charge in [0.15, 0.2) is 0 Å². The lowest BCUT2D eigenvalue weighted by Gasteiger charge is -2.28. The van der Waals surface area contributed by atoms with Crippen LogP contribution in [0.4, 0.5) is 11.4 Å². The SMILES string of the molecule is O=C(O)C1CCCC(Nc2ccc(O)cc2[N+](=O)[O-])C1. The molecule has 0 aliphatic heterocycles. The molecule has 7 heteroatoms. The number of nitro groups is 1. The van der Waals surface area contributed by atoms with E-state index in [1.807, 2.05) is 0 Å². The first-order chi connectivity index (χ1) is 9.47. The third-order valence-corrected chi connectivity index (χ3v) is 3.56. The third-order valence-electron chi connectivity index (χ3n) is 3.56. The molecule has 2 atom stereocenters. The Labute approximate surface area is 115 Å². The summed E-state index contributed by atoms with van der Waals surface area (Å²) in [6, 6.07) is 3.79. The molecule has 1 aromatic carbocycles. The van der Waals surface area contributed by atoms with Gasteiger partial charge >= 0.3 is 5.97 Å². The topological polar surface area (TPSA) is 113 Å². The number of carbonyl (C=O) groups is 1. The Morgan fingerprint density at radius 3 is 2.80 bits per heavy atom. The van der Waals surface area contributed by atoms with Gasteiger partial charge in [-0.2, -0.15) is 0 Å². The lowest BCUT2D eigenvalue weighted by molar-refractivity contribution is -0.384. The molecule has 108 valence electrons. The van der Waals surface area contributed by atoms with Gasteiger partial charge in [-0.05, 0) is 31.4 Å². The molecule has 1 aliphatic carbocycles. The first-order valence-electron chi connectivity index (χ1n) is 6.44. The quantitative estimate of drug-likeness (QED) is 0.443. The van der Waals surface area contributed by atoms with Crippen molar-refractivity contribution in [3.63, 3.8) is 0 Å². The lowest BCUT2D eigenvalue weighted by atomic mass is 9.85. The number of nitrogens with one attached hydrogen (secondary N) is 1. The zero-order valence-electron chi connectivity index (χ0n) is 10.8. The number of phenolic OH excluding ortho intramolecular Hbond substituents is 1.